The minimum Gasteiger partial charge on any atom is -0.465 e. The van der Waals surface area contributed by atoms with Gasteiger partial charge in [-0.1, -0.05) is 0 Å². The van der Waals surface area contributed by atoms with Crippen LogP contribution in [0.2, 0.25) is 0 Å². The van der Waals surface area contributed by atoms with Gasteiger partial charge in [0.15, 0.2) is 0 Å². The molecule has 0 radical (unpaired) electrons. The molecule has 0 heterocycles. The lowest BCUT2D eigenvalue weighted by Crippen LogP contribution is -2.56. The Kier molecular flexibility index (Phi) is 5.83. The predicted octanol–water partition coefficient (Wildman–Crippen LogP) is 1.87. The first-order valence-electron chi connectivity index (χ1n) is 6.53. The van der Waals surface area contributed by atoms with Crippen molar-refractivity contribution in [2.75, 3.05) is 13.1 Å². The van der Waals surface area contributed by atoms with Crippen molar-refractivity contribution in [3.05, 3.63) is 0 Å². The van der Waals surface area contributed by atoms with Crippen LogP contribution < -0.4 is 5.73 Å². The van der Waals surface area contributed by atoms with E-state index >= 15 is 0 Å². The van der Waals surface area contributed by atoms with Crippen LogP contribution in [-0.2, 0) is 0 Å². The molecular formula is C13H27N3O4. The van der Waals surface area contributed by atoms with E-state index in [-0.39, 0.29) is 13.1 Å². The highest BCUT2D eigenvalue weighted by Crippen LogP contribution is 2.16. The second kappa shape index (κ2) is 6.30. The van der Waals surface area contributed by atoms with Crippen molar-refractivity contribution < 1.29 is 19.8 Å². The summed E-state index contributed by atoms with van der Waals surface area (Å²) in [5.74, 6) is 0. The van der Waals surface area contributed by atoms with Crippen molar-refractivity contribution in [2.24, 2.45) is 5.73 Å². The van der Waals surface area contributed by atoms with E-state index in [2.05, 4.69) is 0 Å². The van der Waals surface area contributed by atoms with Gasteiger partial charge in [0.25, 0.3) is 0 Å². The molecule has 20 heavy (non-hydrogen) atoms. The molecular weight excluding hydrogens is 262 g/mol. The Bertz CT molecular complexity index is 324. The fourth-order valence-electron chi connectivity index (χ4n) is 1.80. The molecule has 0 atom stereocenters. The van der Waals surface area contributed by atoms with E-state index in [0.717, 1.165) is 0 Å². The van der Waals surface area contributed by atoms with E-state index in [1.54, 1.807) is 41.5 Å². The lowest BCUT2D eigenvalue weighted by molar-refractivity contribution is 0.0766. The van der Waals surface area contributed by atoms with Crippen LogP contribution >= 0.6 is 0 Å². The van der Waals surface area contributed by atoms with Crippen LogP contribution in [0.3, 0.4) is 0 Å². The van der Waals surface area contributed by atoms with E-state index in [4.69, 9.17) is 5.73 Å². The summed E-state index contributed by atoms with van der Waals surface area (Å²) in [6, 6.07) is -0.583. The van der Waals surface area contributed by atoms with Gasteiger partial charge in [0, 0.05) is 30.2 Å². The molecule has 0 saturated heterocycles. The van der Waals surface area contributed by atoms with Gasteiger partial charge in [-0.25, -0.2) is 9.59 Å². The normalized spacial score (nSPS) is 12.4. The highest BCUT2D eigenvalue weighted by atomic mass is 16.4. The molecule has 0 aliphatic carbocycles. The highest BCUT2D eigenvalue weighted by Gasteiger charge is 2.31. The maximum atomic E-state index is 11.2. The average Bonchev–Trinajstić information content (AvgIpc) is 2.18. The van der Waals surface area contributed by atoms with E-state index in [9.17, 15) is 19.8 Å². The number of nitrogens with zero attached hydrogens (tertiary/aromatic N) is 2. The minimum atomic E-state index is -1.06. The van der Waals surface area contributed by atoms with E-state index in [1.165, 1.54) is 9.80 Å². The molecule has 0 bridgehead atoms. The number of hydrogen-bond donors (Lipinski definition) is 3. The van der Waals surface area contributed by atoms with Gasteiger partial charge in [0.05, 0.1) is 0 Å². The summed E-state index contributed by atoms with van der Waals surface area (Å²) >= 11 is 0. The zero-order chi connectivity index (χ0) is 16.3. The van der Waals surface area contributed by atoms with Crippen molar-refractivity contribution in [3.63, 3.8) is 0 Å². The maximum Gasteiger partial charge on any atom is 0.407 e. The molecule has 118 valence electrons. The van der Waals surface area contributed by atoms with Crippen molar-refractivity contribution in [3.8, 4) is 0 Å². The lowest BCUT2D eigenvalue weighted by Gasteiger charge is -2.38. The third-order valence-electron chi connectivity index (χ3n) is 2.92. The average molecular weight is 289 g/mol. The van der Waals surface area contributed by atoms with Crippen molar-refractivity contribution in [1.82, 2.24) is 9.80 Å². The Morgan fingerprint density at radius 2 is 1.15 bits per heavy atom. The number of carboxylic acid groups (broad SMARTS) is 2. The molecule has 2 amide bonds. The summed E-state index contributed by atoms with van der Waals surface area (Å²) < 4.78 is 0. The molecule has 0 spiro atoms. The standard InChI is InChI=1S/C13H27N3O4/c1-12(2,3)15(10(17)18)7-9(14)8-16(11(19)20)13(4,5)6/h9H,7-8,14H2,1-6H3,(H,17,18)(H,19,20). The summed E-state index contributed by atoms with van der Waals surface area (Å²) in [6.45, 7) is 10.8. The molecule has 7 heteroatoms. The van der Waals surface area contributed by atoms with Gasteiger partial charge in [-0.05, 0) is 41.5 Å². The monoisotopic (exact) mass is 289 g/mol. The minimum absolute atomic E-state index is 0.0820. The van der Waals surface area contributed by atoms with Gasteiger partial charge < -0.3 is 25.7 Å². The Hall–Kier alpha value is -1.50. The van der Waals surface area contributed by atoms with Crippen LogP contribution in [0.5, 0.6) is 0 Å². The molecule has 7 nitrogen and oxygen atoms in total. The summed E-state index contributed by atoms with van der Waals surface area (Å²) in [6.07, 6.45) is -2.13. The number of carbonyl (C=O) groups is 2. The van der Waals surface area contributed by atoms with E-state index < -0.39 is 29.3 Å². The molecule has 0 aromatic rings. The molecule has 0 aliphatic rings. The summed E-state index contributed by atoms with van der Waals surface area (Å²) in [5.41, 5.74) is 4.77. The van der Waals surface area contributed by atoms with Crippen LogP contribution in [0.4, 0.5) is 9.59 Å². The van der Waals surface area contributed by atoms with Crippen LogP contribution in [-0.4, -0.2) is 62.4 Å². The summed E-state index contributed by atoms with van der Waals surface area (Å²) in [7, 11) is 0. The molecule has 0 unspecified atom stereocenters. The largest absolute Gasteiger partial charge is 0.465 e. The molecule has 0 saturated carbocycles. The number of hydrogen-bond acceptors (Lipinski definition) is 3. The zero-order valence-electron chi connectivity index (χ0n) is 13.2. The quantitative estimate of drug-likeness (QED) is 0.732. The number of amides is 2. The molecule has 0 fully saturated rings. The van der Waals surface area contributed by atoms with Gasteiger partial charge >= 0.3 is 12.2 Å². The predicted molar refractivity (Wildman–Crippen MR) is 76.9 cm³/mol. The van der Waals surface area contributed by atoms with E-state index in [0.29, 0.717) is 0 Å². The van der Waals surface area contributed by atoms with E-state index in [1.807, 2.05) is 0 Å². The smallest absolute Gasteiger partial charge is 0.407 e. The van der Waals surface area contributed by atoms with Crippen LogP contribution in [0, 0.1) is 0 Å². The molecule has 0 rings (SSSR count). The highest BCUT2D eigenvalue weighted by molar-refractivity contribution is 5.67. The Balaban J connectivity index is 4.88. The van der Waals surface area contributed by atoms with Crippen LogP contribution in [0.15, 0.2) is 0 Å². The van der Waals surface area contributed by atoms with Crippen molar-refractivity contribution >= 4 is 12.2 Å². The summed E-state index contributed by atoms with van der Waals surface area (Å²) in [4.78, 5) is 24.9. The molecule has 0 aromatic carbocycles. The van der Waals surface area contributed by atoms with Gasteiger partial charge in [-0.3, -0.25) is 0 Å². The molecule has 0 aromatic heterocycles. The molecule has 0 aliphatic heterocycles. The second-order valence-electron chi connectivity index (χ2n) is 6.89. The lowest BCUT2D eigenvalue weighted by atomic mass is 10.0. The molecule has 4 N–H and O–H groups in total. The second-order valence-corrected chi connectivity index (χ2v) is 6.89. The number of nitrogens with two attached hydrogens (primary N) is 1. The first kappa shape index (κ1) is 18.5. The van der Waals surface area contributed by atoms with Crippen LogP contribution in [0.25, 0.3) is 0 Å². The van der Waals surface area contributed by atoms with Gasteiger partial charge in [-0.15, -0.1) is 0 Å². The SMILES string of the molecule is CC(C)(C)N(CC(N)CN(C(=O)O)C(C)(C)C)C(=O)O. The third-order valence-corrected chi connectivity index (χ3v) is 2.92. The van der Waals surface area contributed by atoms with Crippen molar-refractivity contribution in [2.45, 2.75) is 58.7 Å². The third kappa shape index (κ3) is 5.64. The Morgan fingerprint density at radius 1 is 0.900 bits per heavy atom. The van der Waals surface area contributed by atoms with Crippen LogP contribution in [0.1, 0.15) is 41.5 Å². The Morgan fingerprint density at radius 3 is 1.30 bits per heavy atom. The Labute approximate surface area is 120 Å². The number of rotatable bonds is 4. The van der Waals surface area contributed by atoms with Gasteiger partial charge in [0.1, 0.15) is 0 Å². The fraction of sp³-hybridized carbons (Fsp3) is 0.846. The zero-order valence-corrected chi connectivity index (χ0v) is 13.2. The summed E-state index contributed by atoms with van der Waals surface area (Å²) in [5, 5.41) is 18.4. The van der Waals surface area contributed by atoms with Gasteiger partial charge in [-0.2, -0.15) is 0 Å². The van der Waals surface area contributed by atoms with Gasteiger partial charge in [0.2, 0.25) is 0 Å². The topological polar surface area (TPSA) is 107 Å². The van der Waals surface area contributed by atoms with Crippen molar-refractivity contribution in [1.29, 1.82) is 0 Å². The first-order valence-corrected chi connectivity index (χ1v) is 6.53. The first-order chi connectivity index (χ1) is 8.76. The fourth-order valence-corrected chi connectivity index (χ4v) is 1.80. The maximum absolute atomic E-state index is 11.2.